The molecule has 1 unspecified atom stereocenters. The van der Waals surface area contributed by atoms with Gasteiger partial charge >= 0.3 is 0 Å². The molecule has 0 radical (unpaired) electrons. The topological polar surface area (TPSA) is 48.0 Å². The summed E-state index contributed by atoms with van der Waals surface area (Å²) < 4.78 is 44.4. The van der Waals surface area contributed by atoms with Gasteiger partial charge in [-0.3, -0.25) is 4.79 Å². The molecule has 8 heteroatoms. The quantitative estimate of drug-likeness (QED) is 0.745. The van der Waals surface area contributed by atoms with Crippen LogP contribution in [-0.2, 0) is 11.3 Å². The molecule has 1 saturated heterocycles. The van der Waals surface area contributed by atoms with Crippen molar-refractivity contribution in [3.8, 4) is 17.2 Å². The maximum absolute atomic E-state index is 14.1. The number of amides is 1. The van der Waals surface area contributed by atoms with Crippen LogP contribution in [0.15, 0.2) is 30.3 Å². The first kappa shape index (κ1) is 19.3. The molecule has 3 rings (SSSR count). The zero-order chi connectivity index (χ0) is 19.6. The van der Waals surface area contributed by atoms with Crippen molar-refractivity contribution in [2.45, 2.75) is 11.9 Å². The fraction of sp³-hybridized carbons (Fsp3) is 0.316. The Labute approximate surface area is 160 Å². The minimum atomic E-state index is -0.688. The van der Waals surface area contributed by atoms with Gasteiger partial charge in [0.25, 0.3) is 0 Å². The Balaban J connectivity index is 2.04. The summed E-state index contributed by atoms with van der Waals surface area (Å²) in [5.74, 6) is 0.0779. The summed E-state index contributed by atoms with van der Waals surface area (Å²) in [5.41, 5.74) is 0.471. The van der Waals surface area contributed by atoms with Crippen molar-refractivity contribution in [3.63, 3.8) is 0 Å². The third-order valence-electron chi connectivity index (χ3n) is 4.36. The van der Waals surface area contributed by atoms with Crippen LogP contribution in [0, 0.1) is 11.6 Å². The Bertz CT molecular complexity index is 816. The summed E-state index contributed by atoms with van der Waals surface area (Å²) in [7, 11) is 4.52. The number of hydrogen-bond acceptors (Lipinski definition) is 5. The van der Waals surface area contributed by atoms with Gasteiger partial charge in [0, 0.05) is 17.7 Å². The van der Waals surface area contributed by atoms with Crippen molar-refractivity contribution in [1.29, 1.82) is 0 Å². The van der Waals surface area contributed by atoms with Crippen LogP contribution < -0.4 is 14.2 Å². The number of thioether (sulfide) groups is 1. The third kappa shape index (κ3) is 3.66. The van der Waals surface area contributed by atoms with E-state index in [2.05, 4.69) is 0 Å². The van der Waals surface area contributed by atoms with E-state index >= 15 is 0 Å². The summed E-state index contributed by atoms with van der Waals surface area (Å²) >= 11 is 1.35. The highest BCUT2D eigenvalue weighted by Crippen LogP contribution is 2.48. The number of halogens is 2. The second-order valence-corrected chi connectivity index (χ2v) is 6.90. The van der Waals surface area contributed by atoms with Crippen LogP contribution in [0.3, 0.4) is 0 Å². The van der Waals surface area contributed by atoms with Gasteiger partial charge in [0.2, 0.25) is 5.91 Å². The van der Waals surface area contributed by atoms with E-state index in [-0.39, 0.29) is 23.8 Å². The highest BCUT2D eigenvalue weighted by atomic mass is 32.2. The summed E-state index contributed by atoms with van der Waals surface area (Å²) in [4.78, 5) is 13.9. The highest BCUT2D eigenvalue weighted by Gasteiger charge is 2.37. The second-order valence-electron chi connectivity index (χ2n) is 5.83. The van der Waals surface area contributed by atoms with Crippen LogP contribution in [0.2, 0.25) is 0 Å². The van der Waals surface area contributed by atoms with Gasteiger partial charge < -0.3 is 19.1 Å². The Morgan fingerprint density at radius 1 is 1.07 bits per heavy atom. The molecular weight excluding hydrogens is 376 g/mol. The summed E-state index contributed by atoms with van der Waals surface area (Å²) in [6.45, 7) is -0.187. The first-order chi connectivity index (χ1) is 13.0. The Kier molecular flexibility index (Phi) is 5.74. The Morgan fingerprint density at radius 3 is 2.19 bits per heavy atom. The molecule has 5 nitrogen and oxygen atoms in total. The first-order valence-corrected chi connectivity index (χ1v) is 9.18. The summed E-state index contributed by atoms with van der Waals surface area (Å²) in [6, 6.07) is 7.01. The van der Waals surface area contributed by atoms with Gasteiger partial charge in [-0.05, 0) is 12.1 Å². The lowest BCUT2D eigenvalue weighted by molar-refractivity contribution is -0.128. The Morgan fingerprint density at radius 2 is 1.67 bits per heavy atom. The molecule has 0 aliphatic carbocycles. The smallest absolute Gasteiger partial charge is 0.234 e. The molecule has 1 aliphatic heterocycles. The van der Waals surface area contributed by atoms with E-state index in [4.69, 9.17) is 14.2 Å². The van der Waals surface area contributed by atoms with Crippen LogP contribution in [0.4, 0.5) is 8.78 Å². The average Bonchev–Trinajstić information content (AvgIpc) is 3.03. The number of methoxy groups -OCH3 is 3. The fourth-order valence-corrected chi connectivity index (χ4v) is 4.23. The SMILES string of the molecule is COc1cc(OC)c(C2SCC(=O)N2Cc2c(F)cccc2F)c(OC)c1. The molecule has 0 saturated carbocycles. The van der Waals surface area contributed by atoms with Gasteiger partial charge in [-0.25, -0.2) is 8.78 Å². The van der Waals surface area contributed by atoms with Crippen molar-refractivity contribution in [1.82, 2.24) is 4.90 Å². The third-order valence-corrected chi connectivity index (χ3v) is 5.58. The molecule has 0 aromatic heterocycles. The molecule has 0 N–H and O–H groups in total. The minimum Gasteiger partial charge on any atom is -0.496 e. The molecule has 0 spiro atoms. The lowest BCUT2D eigenvalue weighted by Gasteiger charge is -2.27. The van der Waals surface area contributed by atoms with Crippen LogP contribution in [0.5, 0.6) is 17.2 Å². The van der Waals surface area contributed by atoms with Crippen molar-refractivity contribution in [3.05, 3.63) is 53.1 Å². The number of hydrogen-bond donors (Lipinski definition) is 0. The predicted molar refractivity (Wildman–Crippen MR) is 98.2 cm³/mol. The van der Waals surface area contributed by atoms with Crippen molar-refractivity contribution in [2.75, 3.05) is 27.1 Å². The van der Waals surface area contributed by atoms with Gasteiger partial charge in [-0.15, -0.1) is 11.8 Å². The second kappa shape index (κ2) is 8.04. The molecule has 0 bridgehead atoms. The van der Waals surface area contributed by atoms with E-state index in [9.17, 15) is 13.6 Å². The summed E-state index contributed by atoms with van der Waals surface area (Å²) in [5, 5.41) is -0.507. The van der Waals surface area contributed by atoms with Gasteiger partial charge in [0.1, 0.15) is 34.3 Å². The zero-order valence-corrected chi connectivity index (χ0v) is 15.9. The number of carbonyl (C=O) groups is 1. The van der Waals surface area contributed by atoms with Gasteiger partial charge in [0.05, 0.1) is 39.2 Å². The van der Waals surface area contributed by atoms with Crippen LogP contribution in [-0.4, -0.2) is 37.9 Å². The molecule has 1 amide bonds. The zero-order valence-electron chi connectivity index (χ0n) is 15.1. The molecule has 27 heavy (non-hydrogen) atoms. The number of nitrogens with zero attached hydrogens (tertiary/aromatic N) is 1. The molecular formula is C19H19F2NO4S. The van der Waals surface area contributed by atoms with Crippen LogP contribution in [0.25, 0.3) is 0 Å². The first-order valence-electron chi connectivity index (χ1n) is 8.14. The monoisotopic (exact) mass is 395 g/mol. The normalized spacial score (nSPS) is 16.6. The van der Waals surface area contributed by atoms with Crippen molar-refractivity contribution < 1.29 is 27.8 Å². The van der Waals surface area contributed by atoms with Crippen LogP contribution in [0.1, 0.15) is 16.5 Å². The van der Waals surface area contributed by atoms with E-state index in [1.54, 1.807) is 12.1 Å². The Hall–Kier alpha value is -2.48. The van der Waals surface area contributed by atoms with E-state index in [1.807, 2.05) is 0 Å². The molecule has 144 valence electrons. The number of rotatable bonds is 6. The van der Waals surface area contributed by atoms with Gasteiger partial charge in [-0.1, -0.05) is 6.07 Å². The fourth-order valence-electron chi connectivity index (χ4n) is 2.99. The average molecular weight is 395 g/mol. The van der Waals surface area contributed by atoms with Crippen molar-refractivity contribution >= 4 is 17.7 Å². The molecule has 1 heterocycles. The minimum absolute atomic E-state index is 0.148. The standard InChI is InChI=1S/C19H19F2NO4S/c1-24-11-7-15(25-2)18(16(8-11)26-3)19-22(17(23)10-27-19)9-12-13(20)5-4-6-14(12)21/h4-8,19H,9-10H2,1-3H3. The molecule has 1 fully saturated rings. The van der Waals surface area contributed by atoms with Crippen molar-refractivity contribution in [2.24, 2.45) is 0 Å². The maximum atomic E-state index is 14.1. The molecule has 1 aliphatic rings. The molecule has 2 aromatic rings. The number of benzene rings is 2. The van der Waals surface area contributed by atoms with Gasteiger partial charge in [0.15, 0.2) is 0 Å². The summed E-state index contributed by atoms with van der Waals surface area (Å²) in [6.07, 6.45) is 0. The number of carbonyl (C=O) groups excluding carboxylic acids is 1. The van der Waals surface area contributed by atoms with E-state index < -0.39 is 17.0 Å². The van der Waals surface area contributed by atoms with E-state index in [1.165, 1.54) is 56.2 Å². The highest BCUT2D eigenvalue weighted by molar-refractivity contribution is 8.00. The lowest BCUT2D eigenvalue weighted by Crippen LogP contribution is -2.29. The maximum Gasteiger partial charge on any atom is 0.234 e. The largest absolute Gasteiger partial charge is 0.496 e. The van der Waals surface area contributed by atoms with Crippen LogP contribution >= 0.6 is 11.8 Å². The molecule has 1 atom stereocenters. The van der Waals surface area contributed by atoms with E-state index in [0.29, 0.717) is 22.8 Å². The van der Waals surface area contributed by atoms with E-state index in [0.717, 1.165) is 0 Å². The van der Waals surface area contributed by atoms with Gasteiger partial charge in [-0.2, -0.15) is 0 Å². The predicted octanol–water partition coefficient (Wildman–Crippen LogP) is 3.76. The lowest BCUT2D eigenvalue weighted by atomic mass is 10.1. The number of ether oxygens (including phenoxy) is 3. The molecule has 2 aromatic carbocycles.